The maximum absolute atomic E-state index is 11.0. The number of rotatable bonds is 6. The molecular weight excluding hydrogens is 292 g/mol. The number of tetrazole rings is 1. The van der Waals surface area contributed by atoms with Crippen molar-refractivity contribution in [1.29, 1.82) is 0 Å². The Morgan fingerprint density at radius 3 is 2.86 bits per heavy atom. The van der Waals surface area contributed by atoms with Crippen molar-refractivity contribution in [3.05, 3.63) is 28.8 Å². The topological polar surface area (TPSA) is 80.9 Å². The third-order valence-corrected chi connectivity index (χ3v) is 3.54. The molecule has 112 valence electrons. The number of aliphatic carboxylic acids is 1. The summed E-state index contributed by atoms with van der Waals surface area (Å²) < 4.78 is 1.61. The Bertz CT molecular complexity index is 642. The number of nitrogens with zero attached hydrogens (tertiary/aromatic N) is 4. The maximum Gasteiger partial charge on any atom is 0.305 e. The second-order valence-corrected chi connectivity index (χ2v) is 5.38. The van der Waals surface area contributed by atoms with Crippen LogP contribution in [0.4, 0.5) is 0 Å². The zero-order valence-electron chi connectivity index (χ0n) is 12.0. The van der Waals surface area contributed by atoms with Gasteiger partial charge in [-0.15, -0.1) is 5.10 Å². The van der Waals surface area contributed by atoms with Crippen molar-refractivity contribution in [2.45, 2.75) is 39.2 Å². The van der Waals surface area contributed by atoms with Crippen molar-refractivity contribution in [2.75, 3.05) is 0 Å². The standard InChI is InChI=1S/C14H17ClN4O2/c1-3-4-11(8-13(20)21)19-14(16-17-18-19)12-6-5-10(15)7-9(12)2/h5-7,11H,3-4,8H2,1-2H3,(H,20,21). The molecule has 7 heteroatoms. The minimum absolute atomic E-state index is 0.00147. The van der Waals surface area contributed by atoms with E-state index in [1.807, 2.05) is 26.0 Å². The first-order chi connectivity index (χ1) is 10.0. The van der Waals surface area contributed by atoms with Crippen LogP contribution in [0.15, 0.2) is 18.2 Å². The van der Waals surface area contributed by atoms with Crippen LogP contribution in [0, 0.1) is 6.92 Å². The van der Waals surface area contributed by atoms with E-state index in [0.29, 0.717) is 17.3 Å². The summed E-state index contributed by atoms with van der Waals surface area (Å²) in [5, 5.41) is 21.5. The monoisotopic (exact) mass is 308 g/mol. The van der Waals surface area contributed by atoms with Gasteiger partial charge < -0.3 is 5.11 Å². The molecule has 0 bridgehead atoms. The number of hydrogen-bond acceptors (Lipinski definition) is 4. The molecular formula is C14H17ClN4O2. The van der Waals surface area contributed by atoms with E-state index in [9.17, 15) is 4.79 Å². The number of carboxylic acids is 1. The van der Waals surface area contributed by atoms with Gasteiger partial charge in [-0.2, -0.15) is 0 Å². The quantitative estimate of drug-likeness (QED) is 0.886. The van der Waals surface area contributed by atoms with Gasteiger partial charge in [0.2, 0.25) is 0 Å². The number of carbonyl (C=O) groups is 1. The van der Waals surface area contributed by atoms with Crippen molar-refractivity contribution < 1.29 is 9.90 Å². The van der Waals surface area contributed by atoms with E-state index in [1.54, 1.807) is 10.7 Å². The van der Waals surface area contributed by atoms with Gasteiger partial charge in [-0.05, 0) is 47.5 Å². The molecule has 0 fully saturated rings. The van der Waals surface area contributed by atoms with Gasteiger partial charge in [0.15, 0.2) is 5.82 Å². The first-order valence-corrected chi connectivity index (χ1v) is 7.17. The Kier molecular flexibility index (Phi) is 4.90. The molecule has 0 spiro atoms. The highest BCUT2D eigenvalue weighted by atomic mass is 35.5. The predicted octanol–water partition coefficient (Wildman–Crippen LogP) is 3.12. The van der Waals surface area contributed by atoms with E-state index in [4.69, 9.17) is 16.7 Å². The highest BCUT2D eigenvalue weighted by Gasteiger charge is 2.21. The minimum atomic E-state index is -0.859. The SMILES string of the molecule is CCCC(CC(=O)O)n1nnnc1-c1ccc(Cl)cc1C. The number of hydrogen-bond donors (Lipinski definition) is 1. The van der Waals surface area contributed by atoms with E-state index in [-0.39, 0.29) is 12.5 Å². The fourth-order valence-corrected chi connectivity index (χ4v) is 2.57. The largest absolute Gasteiger partial charge is 0.481 e. The van der Waals surface area contributed by atoms with E-state index in [0.717, 1.165) is 17.5 Å². The average Bonchev–Trinajstić information content (AvgIpc) is 2.86. The summed E-state index contributed by atoms with van der Waals surface area (Å²) in [5.74, 6) is -0.286. The second kappa shape index (κ2) is 6.67. The van der Waals surface area contributed by atoms with E-state index in [1.165, 1.54) is 0 Å². The van der Waals surface area contributed by atoms with Crippen molar-refractivity contribution in [2.24, 2.45) is 0 Å². The molecule has 0 saturated carbocycles. The fraction of sp³-hybridized carbons (Fsp3) is 0.429. The lowest BCUT2D eigenvalue weighted by Gasteiger charge is -2.16. The van der Waals surface area contributed by atoms with Crippen molar-refractivity contribution in [3.8, 4) is 11.4 Å². The molecule has 1 atom stereocenters. The van der Waals surface area contributed by atoms with Crippen LogP contribution in [0.3, 0.4) is 0 Å². The second-order valence-electron chi connectivity index (χ2n) is 4.95. The van der Waals surface area contributed by atoms with E-state index >= 15 is 0 Å². The van der Waals surface area contributed by atoms with Crippen molar-refractivity contribution >= 4 is 17.6 Å². The van der Waals surface area contributed by atoms with Gasteiger partial charge in [0.25, 0.3) is 0 Å². The first kappa shape index (κ1) is 15.4. The number of aromatic nitrogens is 4. The van der Waals surface area contributed by atoms with Gasteiger partial charge >= 0.3 is 5.97 Å². The van der Waals surface area contributed by atoms with Crippen molar-refractivity contribution in [3.63, 3.8) is 0 Å². The lowest BCUT2D eigenvalue weighted by molar-refractivity contribution is -0.138. The third-order valence-electron chi connectivity index (χ3n) is 3.30. The molecule has 1 aromatic carbocycles. The van der Waals surface area contributed by atoms with Crippen LogP contribution in [0.5, 0.6) is 0 Å². The molecule has 0 aliphatic heterocycles. The summed E-state index contributed by atoms with van der Waals surface area (Å²) in [6.45, 7) is 3.93. The smallest absolute Gasteiger partial charge is 0.305 e. The molecule has 1 aromatic heterocycles. The van der Waals surface area contributed by atoms with E-state index < -0.39 is 5.97 Å². The Balaban J connectivity index is 2.42. The van der Waals surface area contributed by atoms with Gasteiger partial charge in [0.1, 0.15) is 0 Å². The van der Waals surface area contributed by atoms with E-state index in [2.05, 4.69) is 15.5 Å². The minimum Gasteiger partial charge on any atom is -0.481 e. The van der Waals surface area contributed by atoms with Crippen LogP contribution in [-0.2, 0) is 4.79 Å². The van der Waals surface area contributed by atoms with Gasteiger partial charge in [0, 0.05) is 10.6 Å². The highest BCUT2D eigenvalue weighted by Crippen LogP contribution is 2.27. The molecule has 2 aromatic rings. The van der Waals surface area contributed by atoms with Gasteiger partial charge in [-0.25, -0.2) is 4.68 Å². The van der Waals surface area contributed by atoms with Crippen LogP contribution in [0.1, 0.15) is 37.8 Å². The number of aryl methyl sites for hydroxylation is 1. The lowest BCUT2D eigenvalue weighted by atomic mass is 10.1. The molecule has 6 nitrogen and oxygen atoms in total. The summed E-state index contributed by atoms with van der Waals surface area (Å²) in [5.41, 5.74) is 1.81. The highest BCUT2D eigenvalue weighted by molar-refractivity contribution is 6.30. The van der Waals surface area contributed by atoms with Crippen LogP contribution in [0.2, 0.25) is 5.02 Å². The summed E-state index contributed by atoms with van der Waals surface area (Å²) in [4.78, 5) is 11.0. The lowest BCUT2D eigenvalue weighted by Crippen LogP contribution is -2.16. The average molecular weight is 309 g/mol. The Morgan fingerprint density at radius 1 is 1.48 bits per heavy atom. The predicted molar refractivity (Wildman–Crippen MR) is 79.2 cm³/mol. The molecule has 0 radical (unpaired) electrons. The van der Waals surface area contributed by atoms with Crippen molar-refractivity contribution in [1.82, 2.24) is 20.2 Å². The Hall–Kier alpha value is -1.95. The van der Waals surface area contributed by atoms with Crippen LogP contribution >= 0.6 is 11.6 Å². The molecule has 2 rings (SSSR count). The summed E-state index contributed by atoms with van der Waals surface area (Å²) >= 11 is 5.96. The molecule has 1 N–H and O–H groups in total. The van der Waals surface area contributed by atoms with Crippen LogP contribution < -0.4 is 0 Å². The first-order valence-electron chi connectivity index (χ1n) is 6.79. The Labute approximate surface area is 127 Å². The molecule has 0 saturated heterocycles. The molecule has 0 aliphatic carbocycles. The van der Waals surface area contributed by atoms with Gasteiger partial charge in [-0.3, -0.25) is 4.79 Å². The van der Waals surface area contributed by atoms with Gasteiger partial charge in [-0.1, -0.05) is 24.9 Å². The zero-order chi connectivity index (χ0) is 15.4. The maximum atomic E-state index is 11.0. The van der Waals surface area contributed by atoms with Gasteiger partial charge in [0.05, 0.1) is 12.5 Å². The molecule has 1 unspecified atom stereocenters. The van der Waals surface area contributed by atoms with Crippen LogP contribution in [0.25, 0.3) is 11.4 Å². The number of halogens is 1. The fourth-order valence-electron chi connectivity index (χ4n) is 2.34. The molecule has 0 aliphatic rings. The third kappa shape index (κ3) is 3.58. The number of benzene rings is 1. The zero-order valence-corrected chi connectivity index (χ0v) is 12.7. The summed E-state index contributed by atoms with van der Waals surface area (Å²) in [7, 11) is 0. The number of carboxylic acid groups (broad SMARTS) is 1. The van der Waals surface area contributed by atoms with Crippen LogP contribution in [-0.4, -0.2) is 31.3 Å². The summed E-state index contributed by atoms with van der Waals surface area (Å²) in [6, 6.07) is 5.20. The summed E-state index contributed by atoms with van der Waals surface area (Å²) in [6.07, 6.45) is 1.56. The molecule has 1 heterocycles. The normalized spacial score (nSPS) is 12.3. The molecule has 0 amide bonds. The Morgan fingerprint density at radius 2 is 2.24 bits per heavy atom. The molecule has 21 heavy (non-hydrogen) atoms.